The van der Waals surface area contributed by atoms with Gasteiger partial charge in [0.2, 0.25) is 5.91 Å². The van der Waals surface area contributed by atoms with Crippen LogP contribution in [-0.4, -0.2) is 37.7 Å². The summed E-state index contributed by atoms with van der Waals surface area (Å²) in [5.74, 6) is 0.0334. The number of ether oxygens (including phenoxy) is 1. The molecule has 2 atom stereocenters. The summed E-state index contributed by atoms with van der Waals surface area (Å²) in [5.41, 5.74) is 1.33. The quantitative estimate of drug-likeness (QED) is 0.872. The molecule has 124 valence electrons. The number of morpholine rings is 1. The van der Waals surface area contributed by atoms with Gasteiger partial charge in [-0.25, -0.2) is 0 Å². The summed E-state index contributed by atoms with van der Waals surface area (Å²) >= 11 is 0. The van der Waals surface area contributed by atoms with Crippen LogP contribution in [0.3, 0.4) is 0 Å². The van der Waals surface area contributed by atoms with Crippen LogP contribution in [0.5, 0.6) is 0 Å². The number of benzene rings is 1. The van der Waals surface area contributed by atoms with E-state index in [-0.39, 0.29) is 35.8 Å². The summed E-state index contributed by atoms with van der Waals surface area (Å²) in [6.45, 7) is 8.37. The van der Waals surface area contributed by atoms with Gasteiger partial charge < -0.3 is 15.4 Å². The minimum absolute atomic E-state index is 0. The Kier molecular flexibility index (Phi) is 7.33. The zero-order valence-electron chi connectivity index (χ0n) is 13.6. The fraction of sp³-hybridized carbons (Fsp3) is 0.588. The van der Waals surface area contributed by atoms with E-state index in [1.165, 1.54) is 5.56 Å². The van der Waals surface area contributed by atoms with Gasteiger partial charge in [-0.15, -0.1) is 12.4 Å². The second kappa shape index (κ2) is 8.51. The first-order valence-corrected chi connectivity index (χ1v) is 7.66. The first-order valence-electron chi connectivity index (χ1n) is 7.66. The highest BCUT2D eigenvalue weighted by Gasteiger charge is 2.26. The highest BCUT2D eigenvalue weighted by molar-refractivity contribution is 5.85. The fourth-order valence-corrected chi connectivity index (χ4v) is 2.90. The number of rotatable bonds is 5. The van der Waals surface area contributed by atoms with Gasteiger partial charge in [0.05, 0.1) is 13.2 Å². The predicted molar refractivity (Wildman–Crippen MR) is 91.5 cm³/mol. The third-order valence-electron chi connectivity index (χ3n) is 4.00. The molecule has 0 radical (unpaired) electrons. The monoisotopic (exact) mass is 326 g/mol. The summed E-state index contributed by atoms with van der Waals surface area (Å²) in [7, 11) is 0. The summed E-state index contributed by atoms with van der Waals surface area (Å²) in [5, 5.41) is 6.28. The van der Waals surface area contributed by atoms with E-state index in [1.54, 1.807) is 0 Å². The maximum absolute atomic E-state index is 12.2. The summed E-state index contributed by atoms with van der Waals surface area (Å²) in [6, 6.07) is 10.3. The number of halogens is 1. The SMILES string of the molecule is CC(CC(C)(C)c1ccccc1)NC(=O)C1COCCN1.Cl. The molecule has 1 amide bonds. The lowest BCUT2D eigenvalue weighted by atomic mass is 9.79. The molecule has 2 unspecified atom stereocenters. The molecule has 2 N–H and O–H groups in total. The van der Waals surface area contributed by atoms with Crippen LogP contribution in [0.15, 0.2) is 30.3 Å². The van der Waals surface area contributed by atoms with E-state index < -0.39 is 0 Å². The van der Waals surface area contributed by atoms with Gasteiger partial charge in [-0.2, -0.15) is 0 Å². The van der Waals surface area contributed by atoms with Crippen molar-refractivity contribution in [2.75, 3.05) is 19.8 Å². The van der Waals surface area contributed by atoms with Crippen LogP contribution in [0.2, 0.25) is 0 Å². The molecule has 1 aliphatic heterocycles. The van der Waals surface area contributed by atoms with Crippen LogP contribution in [0.25, 0.3) is 0 Å². The Hall–Kier alpha value is -1.10. The number of hydrogen-bond donors (Lipinski definition) is 2. The Morgan fingerprint density at radius 1 is 1.41 bits per heavy atom. The minimum Gasteiger partial charge on any atom is -0.378 e. The van der Waals surface area contributed by atoms with Gasteiger partial charge in [0, 0.05) is 12.6 Å². The molecule has 0 aromatic heterocycles. The van der Waals surface area contributed by atoms with Gasteiger partial charge in [-0.05, 0) is 24.3 Å². The normalized spacial score (nSPS) is 19.9. The van der Waals surface area contributed by atoms with Gasteiger partial charge in [0.25, 0.3) is 0 Å². The third-order valence-corrected chi connectivity index (χ3v) is 4.00. The number of nitrogens with one attached hydrogen (secondary N) is 2. The molecular formula is C17H27ClN2O2. The fourth-order valence-electron chi connectivity index (χ4n) is 2.90. The molecule has 1 saturated heterocycles. The molecule has 1 aliphatic rings. The van der Waals surface area contributed by atoms with E-state index >= 15 is 0 Å². The molecule has 0 aliphatic carbocycles. The third kappa shape index (κ3) is 5.27. The van der Waals surface area contributed by atoms with Crippen LogP contribution in [0.1, 0.15) is 32.8 Å². The van der Waals surface area contributed by atoms with Crippen molar-refractivity contribution < 1.29 is 9.53 Å². The van der Waals surface area contributed by atoms with E-state index in [0.29, 0.717) is 13.2 Å². The Bertz CT molecular complexity index is 459. The molecule has 0 spiro atoms. The van der Waals surface area contributed by atoms with Crippen molar-refractivity contribution >= 4 is 18.3 Å². The first kappa shape index (κ1) is 18.9. The average Bonchev–Trinajstić information content (AvgIpc) is 2.48. The molecule has 4 nitrogen and oxygen atoms in total. The lowest BCUT2D eigenvalue weighted by molar-refractivity contribution is -0.126. The molecule has 1 aromatic carbocycles. The molecule has 1 fully saturated rings. The van der Waals surface area contributed by atoms with E-state index in [0.717, 1.165) is 13.0 Å². The smallest absolute Gasteiger partial charge is 0.239 e. The van der Waals surface area contributed by atoms with Crippen LogP contribution in [-0.2, 0) is 14.9 Å². The van der Waals surface area contributed by atoms with Crippen molar-refractivity contribution in [1.82, 2.24) is 10.6 Å². The van der Waals surface area contributed by atoms with Gasteiger partial charge in [-0.3, -0.25) is 4.79 Å². The van der Waals surface area contributed by atoms with Crippen molar-refractivity contribution in [3.05, 3.63) is 35.9 Å². The molecule has 2 rings (SSSR count). The standard InChI is InChI=1S/C17H26N2O2.ClH/c1-13(19-16(20)15-12-21-10-9-18-15)11-17(2,3)14-7-5-4-6-8-14;/h4-8,13,15,18H,9-12H2,1-3H3,(H,19,20);1H. The Morgan fingerprint density at radius 2 is 2.09 bits per heavy atom. The van der Waals surface area contributed by atoms with E-state index in [1.807, 2.05) is 6.07 Å². The number of amides is 1. The summed E-state index contributed by atoms with van der Waals surface area (Å²) in [6.07, 6.45) is 0.899. The van der Waals surface area contributed by atoms with Crippen molar-refractivity contribution in [3.63, 3.8) is 0 Å². The van der Waals surface area contributed by atoms with Crippen molar-refractivity contribution in [2.45, 2.75) is 44.7 Å². The molecule has 22 heavy (non-hydrogen) atoms. The zero-order valence-corrected chi connectivity index (χ0v) is 14.4. The topological polar surface area (TPSA) is 50.4 Å². The van der Waals surface area contributed by atoms with Gasteiger partial charge in [0.1, 0.15) is 6.04 Å². The van der Waals surface area contributed by atoms with E-state index in [2.05, 4.69) is 55.7 Å². The number of carbonyl (C=O) groups is 1. The first-order chi connectivity index (χ1) is 9.99. The van der Waals surface area contributed by atoms with E-state index in [9.17, 15) is 4.79 Å². The molecule has 5 heteroatoms. The average molecular weight is 327 g/mol. The Morgan fingerprint density at radius 3 is 2.68 bits per heavy atom. The zero-order chi connectivity index (χ0) is 15.3. The maximum Gasteiger partial charge on any atom is 0.239 e. The molecular weight excluding hydrogens is 300 g/mol. The molecule has 0 bridgehead atoms. The van der Waals surface area contributed by atoms with Gasteiger partial charge >= 0.3 is 0 Å². The highest BCUT2D eigenvalue weighted by atomic mass is 35.5. The lowest BCUT2D eigenvalue weighted by Gasteiger charge is -2.30. The largest absolute Gasteiger partial charge is 0.378 e. The molecule has 1 aromatic rings. The highest BCUT2D eigenvalue weighted by Crippen LogP contribution is 2.28. The summed E-state index contributed by atoms with van der Waals surface area (Å²) < 4.78 is 5.33. The maximum atomic E-state index is 12.2. The van der Waals surface area contributed by atoms with Crippen molar-refractivity contribution in [3.8, 4) is 0 Å². The van der Waals surface area contributed by atoms with Crippen LogP contribution in [0, 0.1) is 0 Å². The van der Waals surface area contributed by atoms with Crippen LogP contribution in [0.4, 0.5) is 0 Å². The second-order valence-corrected chi connectivity index (χ2v) is 6.45. The number of hydrogen-bond acceptors (Lipinski definition) is 3. The van der Waals surface area contributed by atoms with E-state index in [4.69, 9.17) is 4.74 Å². The van der Waals surface area contributed by atoms with Crippen LogP contribution < -0.4 is 10.6 Å². The minimum atomic E-state index is -0.221. The summed E-state index contributed by atoms with van der Waals surface area (Å²) in [4.78, 5) is 12.2. The predicted octanol–water partition coefficient (Wildman–Crippen LogP) is 2.27. The van der Waals surface area contributed by atoms with Crippen LogP contribution >= 0.6 is 12.4 Å². The van der Waals surface area contributed by atoms with Crippen molar-refractivity contribution in [2.24, 2.45) is 0 Å². The number of carbonyl (C=O) groups excluding carboxylic acids is 1. The Balaban J connectivity index is 0.00000242. The van der Waals surface area contributed by atoms with Crippen molar-refractivity contribution in [1.29, 1.82) is 0 Å². The molecule has 1 heterocycles. The Labute approximate surface area is 139 Å². The van der Waals surface area contributed by atoms with Gasteiger partial charge in [0.15, 0.2) is 0 Å². The van der Waals surface area contributed by atoms with Gasteiger partial charge in [-0.1, -0.05) is 44.2 Å². The second-order valence-electron chi connectivity index (χ2n) is 6.45. The molecule has 0 saturated carbocycles. The lowest BCUT2D eigenvalue weighted by Crippen LogP contribution is -2.53.